The zero-order valence-corrected chi connectivity index (χ0v) is 17.8. The van der Waals surface area contributed by atoms with Gasteiger partial charge >= 0.3 is 0 Å². The second-order valence-electron chi connectivity index (χ2n) is 7.47. The van der Waals surface area contributed by atoms with E-state index in [4.69, 9.17) is 16.0 Å². The number of aryl methyl sites for hydroxylation is 1. The summed E-state index contributed by atoms with van der Waals surface area (Å²) in [6.07, 6.45) is 2.93. The van der Waals surface area contributed by atoms with Gasteiger partial charge in [-0.2, -0.15) is 0 Å². The lowest BCUT2D eigenvalue weighted by molar-refractivity contribution is -0.120. The van der Waals surface area contributed by atoms with Crippen molar-refractivity contribution in [3.63, 3.8) is 0 Å². The monoisotopic (exact) mass is 424 g/mol. The molecular weight excluding hydrogens is 400 g/mol. The summed E-state index contributed by atoms with van der Waals surface area (Å²) < 4.78 is 5.84. The third-order valence-electron chi connectivity index (χ3n) is 5.24. The Labute approximate surface area is 181 Å². The molecule has 0 saturated heterocycles. The van der Waals surface area contributed by atoms with Crippen molar-refractivity contribution in [3.05, 3.63) is 65.0 Å². The average molecular weight is 425 g/mol. The molecule has 4 rings (SSSR count). The number of carbonyl (C=O) groups excluding carboxylic acids is 1. The molecule has 30 heavy (non-hydrogen) atoms. The second kappa shape index (κ2) is 9.41. The van der Waals surface area contributed by atoms with Crippen molar-refractivity contribution >= 4 is 23.2 Å². The van der Waals surface area contributed by atoms with E-state index in [0.717, 1.165) is 38.0 Å². The van der Waals surface area contributed by atoms with Gasteiger partial charge in [0.1, 0.15) is 0 Å². The molecule has 7 heteroatoms. The lowest BCUT2D eigenvalue weighted by Crippen LogP contribution is -2.42. The van der Waals surface area contributed by atoms with Gasteiger partial charge in [-0.1, -0.05) is 48.9 Å². The van der Waals surface area contributed by atoms with E-state index in [2.05, 4.69) is 28.1 Å². The van der Waals surface area contributed by atoms with Gasteiger partial charge in [0, 0.05) is 12.2 Å². The maximum Gasteiger partial charge on any atom is 0.249 e. The first-order chi connectivity index (χ1) is 14.7. The Kier molecular flexibility index (Phi) is 6.45. The minimum Gasteiger partial charge on any atom is -0.419 e. The van der Waals surface area contributed by atoms with Crippen LogP contribution in [-0.2, 0) is 17.8 Å². The summed E-state index contributed by atoms with van der Waals surface area (Å²) in [6, 6.07) is 15.5. The van der Waals surface area contributed by atoms with E-state index >= 15 is 0 Å². The summed E-state index contributed by atoms with van der Waals surface area (Å²) in [5, 5.41) is 8.87. The van der Waals surface area contributed by atoms with E-state index in [-0.39, 0.29) is 5.91 Å². The first-order valence-corrected chi connectivity index (χ1v) is 10.7. The SMILES string of the molecule is CCCN(CC(=O)N1CCCc2ccccc21)Cc1nnc(-c2ccccc2Cl)o1. The molecule has 6 nitrogen and oxygen atoms in total. The van der Waals surface area contributed by atoms with Crippen LogP contribution < -0.4 is 4.90 Å². The van der Waals surface area contributed by atoms with Gasteiger partial charge in [0.15, 0.2) is 0 Å². The number of benzene rings is 2. The number of fused-ring (bicyclic) bond motifs is 1. The summed E-state index contributed by atoms with van der Waals surface area (Å²) in [5.41, 5.74) is 2.98. The third kappa shape index (κ3) is 4.55. The van der Waals surface area contributed by atoms with Crippen LogP contribution in [0.2, 0.25) is 5.02 Å². The molecule has 0 N–H and O–H groups in total. The van der Waals surface area contributed by atoms with Crippen molar-refractivity contribution in [1.82, 2.24) is 15.1 Å². The summed E-state index contributed by atoms with van der Waals surface area (Å²) in [5.74, 6) is 0.968. The molecule has 2 heterocycles. The van der Waals surface area contributed by atoms with E-state index in [1.165, 1.54) is 5.56 Å². The summed E-state index contributed by atoms with van der Waals surface area (Å²) in [7, 11) is 0. The third-order valence-corrected chi connectivity index (χ3v) is 5.57. The number of aromatic nitrogens is 2. The van der Waals surface area contributed by atoms with E-state index in [1.54, 1.807) is 6.07 Å². The van der Waals surface area contributed by atoms with Crippen LogP contribution in [0, 0.1) is 0 Å². The number of anilines is 1. The Balaban J connectivity index is 1.46. The fourth-order valence-electron chi connectivity index (χ4n) is 3.85. The van der Waals surface area contributed by atoms with Gasteiger partial charge in [-0.3, -0.25) is 9.69 Å². The molecule has 0 spiro atoms. The summed E-state index contributed by atoms with van der Waals surface area (Å²) >= 11 is 6.23. The highest BCUT2D eigenvalue weighted by molar-refractivity contribution is 6.33. The van der Waals surface area contributed by atoms with Crippen molar-refractivity contribution in [2.24, 2.45) is 0 Å². The molecule has 0 fully saturated rings. The topological polar surface area (TPSA) is 62.5 Å². The molecule has 1 amide bonds. The minimum atomic E-state index is 0.0986. The van der Waals surface area contributed by atoms with Crippen LogP contribution in [-0.4, -0.2) is 40.6 Å². The number of hydrogen-bond donors (Lipinski definition) is 0. The second-order valence-corrected chi connectivity index (χ2v) is 7.88. The Morgan fingerprint density at radius 1 is 1.17 bits per heavy atom. The summed E-state index contributed by atoms with van der Waals surface area (Å²) in [4.78, 5) is 17.1. The number of carbonyl (C=O) groups is 1. The Morgan fingerprint density at radius 3 is 2.80 bits per heavy atom. The molecule has 0 bridgehead atoms. The van der Waals surface area contributed by atoms with E-state index in [1.807, 2.05) is 41.3 Å². The van der Waals surface area contributed by atoms with Crippen LogP contribution in [0.5, 0.6) is 0 Å². The van der Waals surface area contributed by atoms with Crippen LogP contribution in [0.15, 0.2) is 52.9 Å². The van der Waals surface area contributed by atoms with Crippen LogP contribution in [0.25, 0.3) is 11.5 Å². The smallest absolute Gasteiger partial charge is 0.249 e. The van der Waals surface area contributed by atoms with Crippen molar-refractivity contribution < 1.29 is 9.21 Å². The molecule has 3 aromatic rings. The van der Waals surface area contributed by atoms with Gasteiger partial charge in [0.2, 0.25) is 17.7 Å². The molecular formula is C23H25ClN4O2. The Hall–Kier alpha value is -2.70. The number of rotatable bonds is 7. The van der Waals surface area contributed by atoms with Crippen LogP contribution >= 0.6 is 11.6 Å². The lowest BCUT2D eigenvalue weighted by Gasteiger charge is -2.31. The molecule has 1 aliphatic heterocycles. The average Bonchev–Trinajstić information content (AvgIpc) is 3.22. The van der Waals surface area contributed by atoms with E-state index < -0.39 is 0 Å². The van der Waals surface area contributed by atoms with Crippen LogP contribution in [0.4, 0.5) is 5.69 Å². The molecule has 2 aromatic carbocycles. The zero-order chi connectivity index (χ0) is 20.9. The highest BCUT2D eigenvalue weighted by atomic mass is 35.5. The molecule has 1 aliphatic rings. The Morgan fingerprint density at radius 2 is 1.97 bits per heavy atom. The van der Waals surface area contributed by atoms with Crippen molar-refractivity contribution in [3.8, 4) is 11.5 Å². The quantitative estimate of drug-likeness (QED) is 0.555. The van der Waals surface area contributed by atoms with Crippen molar-refractivity contribution in [2.75, 3.05) is 24.5 Å². The molecule has 156 valence electrons. The van der Waals surface area contributed by atoms with E-state index in [9.17, 15) is 4.79 Å². The van der Waals surface area contributed by atoms with Gasteiger partial charge in [-0.05, 0) is 49.6 Å². The van der Waals surface area contributed by atoms with Gasteiger partial charge in [-0.15, -0.1) is 10.2 Å². The molecule has 0 aliphatic carbocycles. The van der Waals surface area contributed by atoms with E-state index in [0.29, 0.717) is 35.5 Å². The maximum atomic E-state index is 13.1. The molecule has 0 radical (unpaired) electrons. The first kappa shape index (κ1) is 20.6. The molecule has 1 aromatic heterocycles. The van der Waals surface area contributed by atoms with Crippen molar-refractivity contribution in [1.29, 1.82) is 0 Å². The predicted octanol–water partition coefficient (Wildman–Crippen LogP) is 4.58. The van der Waals surface area contributed by atoms with Crippen molar-refractivity contribution in [2.45, 2.75) is 32.7 Å². The molecule has 0 atom stereocenters. The number of amides is 1. The van der Waals surface area contributed by atoms with Gasteiger partial charge in [0.05, 0.1) is 23.7 Å². The number of nitrogens with zero attached hydrogens (tertiary/aromatic N) is 4. The fourth-order valence-corrected chi connectivity index (χ4v) is 4.07. The lowest BCUT2D eigenvalue weighted by atomic mass is 10.0. The number of hydrogen-bond acceptors (Lipinski definition) is 5. The molecule has 0 unspecified atom stereocenters. The first-order valence-electron chi connectivity index (χ1n) is 10.3. The maximum absolute atomic E-state index is 13.1. The highest BCUT2D eigenvalue weighted by Crippen LogP contribution is 2.28. The largest absolute Gasteiger partial charge is 0.419 e. The fraction of sp³-hybridized carbons (Fsp3) is 0.348. The predicted molar refractivity (Wildman–Crippen MR) is 117 cm³/mol. The number of para-hydroxylation sites is 1. The Bertz CT molecular complexity index is 1020. The zero-order valence-electron chi connectivity index (χ0n) is 17.1. The summed E-state index contributed by atoms with van der Waals surface area (Å²) in [6.45, 7) is 4.35. The highest BCUT2D eigenvalue weighted by Gasteiger charge is 2.24. The van der Waals surface area contributed by atoms with Crippen LogP contribution in [0.1, 0.15) is 31.2 Å². The normalized spacial score (nSPS) is 13.5. The van der Waals surface area contributed by atoms with Crippen LogP contribution in [0.3, 0.4) is 0 Å². The minimum absolute atomic E-state index is 0.0986. The van der Waals surface area contributed by atoms with Gasteiger partial charge in [0.25, 0.3) is 0 Å². The standard InChI is InChI=1S/C23H25ClN4O2/c1-2-13-27(15-21-25-26-23(30-21)18-10-4-5-11-19(18)24)16-22(29)28-14-7-9-17-8-3-6-12-20(17)28/h3-6,8,10-12H,2,7,9,13-16H2,1H3. The van der Waals surface area contributed by atoms with Gasteiger partial charge in [-0.25, -0.2) is 0 Å². The number of halogens is 1. The van der Waals surface area contributed by atoms with Gasteiger partial charge < -0.3 is 9.32 Å². The molecule has 0 saturated carbocycles.